The van der Waals surface area contributed by atoms with Gasteiger partial charge in [0.2, 0.25) is 0 Å². The van der Waals surface area contributed by atoms with Gasteiger partial charge in [0.25, 0.3) is 0 Å². The number of carboxylic acid groups (broad SMARTS) is 1. The fourth-order valence-corrected chi connectivity index (χ4v) is 0.606. The van der Waals surface area contributed by atoms with Crippen molar-refractivity contribution in [1.82, 2.24) is 0 Å². The van der Waals surface area contributed by atoms with E-state index in [-0.39, 0.29) is 0 Å². The van der Waals surface area contributed by atoms with Crippen LogP contribution in [0.1, 0.15) is 5.56 Å². The van der Waals surface area contributed by atoms with Crippen molar-refractivity contribution < 1.29 is 19.8 Å². The van der Waals surface area contributed by atoms with Crippen LogP contribution in [-0.4, -0.2) is 29.8 Å². The van der Waals surface area contributed by atoms with Crippen molar-refractivity contribution >= 4 is 12.4 Å². The van der Waals surface area contributed by atoms with E-state index in [1.807, 2.05) is 30.3 Å². The Bertz CT molecular complexity index is 284. The van der Waals surface area contributed by atoms with Gasteiger partial charge in [0.1, 0.15) is 0 Å². The second-order valence-electron chi connectivity index (χ2n) is 2.13. The minimum atomic E-state index is -1.25. The molecule has 0 saturated heterocycles. The Kier molecular flexibility index (Phi) is 6.49. The summed E-state index contributed by atoms with van der Waals surface area (Å²) in [5.41, 5.74) is 0.903. The molecule has 0 unspecified atom stereocenters. The molecule has 5 nitrogen and oxygen atoms in total. The predicted octanol–water partition coefficient (Wildman–Crippen LogP) is 1.81. The van der Waals surface area contributed by atoms with Crippen LogP contribution in [0.25, 0.3) is 0 Å². The Morgan fingerprint density at radius 2 is 1.93 bits per heavy atom. The highest BCUT2D eigenvalue weighted by Gasteiger charge is 1.81. The van der Waals surface area contributed by atoms with E-state index in [4.69, 9.17) is 15.1 Å². The van der Waals surface area contributed by atoms with Gasteiger partial charge < -0.3 is 15.1 Å². The highest BCUT2D eigenvalue weighted by Crippen LogP contribution is 1.92. The SMILES string of the molecule is COC(=O)O.ON=Cc1ccccc1. The third-order valence-electron chi connectivity index (χ3n) is 1.18. The van der Waals surface area contributed by atoms with Crippen LogP contribution in [0.2, 0.25) is 0 Å². The van der Waals surface area contributed by atoms with Gasteiger partial charge in [-0.05, 0) is 5.56 Å². The first kappa shape index (κ1) is 12.0. The van der Waals surface area contributed by atoms with Gasteiger partial charge in [0.05, 0.1) is 13.3 Å². The lowest BCUT2D eigenvalue weighted by Gasteiger charge is -1.85. The first-order valence-corrected chi connectivity index (χ1v) is 3.70. The van der Waals surface area contributed by atoms with E-state index in [1.165, 1.54) is 6.21 Å². The largest absolute Gasteiger partial charge is 0.505 e. The fraction of sp³-hybridized carbons (Fsp3) is 0.111. The van der Waals surface area contributed by atoms with E-state index >= 15 is 0 Å². The topological polar surface area (TPSA) is 79.1 Å². The first-order valence-electron chi connectivity index (χ1n) is 3.70. The zero-order valence-electron chi connectivity index (χ0n) is 7.62. The van der Waals surface area contributed by atoms with E-state index in [0.717, 1.165) is 12.7 Å². The second kappa shape index (κ2) is 7.60. The summed E-state index contributed by atoms with van der Waals surface area (Å²) in [6, 6.07) is 9.40. The molecule has 0 saturated carbocycles. The zero-order chi connectivity index (χ0) is 10.8. The van der Waals surface area contributed by atoms with Crippen LogP contribution in [0.15, 0.2) is 35.5 Å². The number of hydrogen-bond donors (Lipinski definition) is 2. The highest BCUT2D eigenvalue weighted by molar-refractivity contribution is 5.78. The molecule has 0 bridgehead atoms. The summed E-state index contributed by atoms with van der Waals surface area (Å²) >= 11 is 0. The summed E-state index contributed by atoms with van der Waals surface area (Å²) in [4.78, 5) is 9.15. The third kappa shape index (κ3) is 6.66. The smallest absolute Gasteiger partial charge is 0.450 e. The van der Waals surface area contributed by atoms with Crippen molar-refractivity contribution in [3.8, 4) is 0 Å². The van der Waals surface area contributed by atoms with E-state index in [2.05, 4.69) is 9.89 Å². The summed E-state index contributed by atoms with van der Waals surface area (Å²) < 4.78 is 3.67. The molecule has 0 heterocycles. The average Bonchev–Trinajstić information content (AvgIpc) is 2.21. The summed E-state index contributed by atoms with van der Waals surface area (Å²) in [6.07, 6.45) is 0.144. The Morgan fingerprint density at radius 3 is 2.29 bits per heavy atom. The number of oxime groups is 1. The Morgan fingerprint density at radius 1 is 1.43 bits per heavy atom. The summed E-state index contributed by atoms with van der Waals surface area (Å²) in [5.74, 6) is 0. The molecule has 0 amide bonds. The standard InChI is InChI=1S/C7H7NO.C2H4O3/c9-8-6-7-4-2-1-3-5-7;1-5-2(3)4/h1-6,9H;1H3,(H,3,4). The number of rotatable bonds is 1. The van der Waals surface area contributed by atoms with Crippen molar-refractivity contribution in [2.24, 2.45) is 5.16 Å². The second-order valence-corrected chi connectivity index (χ2v) is 2.13. The molecule has 1 rings (SSSR count). The molecule has 1 aromatic carbocycles. The van der Waals surface area contributed by atoms with Crippen LogP contribution in [0.5, 0.6) is 0 Å². The minimum Gasteiger partial charge on any atom is -0.450 e. The van der Waals surface area contributed by atoms with Crippen molar-refractivity contribution in [2.45, 2.75) is 0 Å². The lowest BCUT2D eigenvalue weighted by atomic mass is 10.2. The van der Waals surface area contributed by atoms with Crippen molar-refractivity contribution in [1.29, 1.82) is 0 Å². The predicted molar refractivity (Wildman–Crippen MR) is 50.9 cm³/mol. The monoisotopic (exact) mass is 197 g/mol. The van der Waals surface area contributed by atoms with Gasteiger partial charge in [-0.25, -0.2) is 4.79 Å². The van der Waals surface area contributed by atoms with Gasteiger partial charge in [-0.2, -0.15) is 0 Å². The lowest BCUT2D eigenvalue weighted by molar-refractivity contribution is 0.114. The van der Waals surface area contributed by atoms with Crippen molar-refractivity contribution in [3.63, 3.8) is 0 Å². The van der Waals surface area contributed by atoms with Gasteiger partial charge in [-0.1, -0.05) is 35.5 Å². The van der Waals surface area contributed by atoms with E-state index in [9.17, 15) is 0 Å². The molecule has 76 valence electrons. The van der Waals surface area contributed by atoms with Crippen LogP contribution in [-0.2, 0) is 4.74 Å². The molecule has 0 aliphatic carbocycles. The summed E-state index contributed by atoms with van der Waals surface area (Å²) in [6.45, 7) is 0. The Balaban J connectivity index is 0.000000292. The molecule has 0 atom stereocenters. The molecule has 0 radical (unpaired) electrons. The molecular formula is C9H11NO4. The normalized spacial score (nSPS) is 8.93. The molecule has 0 spiro atoms. The zero-order valence-corrected chi connectivity index (χ0v) is 7.62. The molecule has 0 fully saturated rings. The highest BCUT2D eigenvalue weighted by atomic mass is 16.6. The molecule has 0 aromatic heterocycles. The van der Waals surface area contributed by atoms with Gasteiger partial charge >= 0.3 is 6.16 Å². The molecule has 5 heteroatoms. The quantitative estimate of drug-likeness (QED) is 0.311. The molecule has 14 heavy (non-hydrogen) atoms. The lowest BCUT2D eigenvalue weighted by Crippen LogP contribution is -1.91. The maximum atomic E-state index is 9.15. The average molecular weight is 197 g/mol. The summed E-state index contributed by atoms with van der Waals surface area (Å²) in [7, 11) is 1.10. The molecule has 0 aliphatic rings. The molecule has 0 aliphatic heterocycles. The van der Waals surface area contributed by atoms with E-state index in [0.29, 0.717) is 0 Å². The number of benzene rings is 1. The van der Waals surface area contributed by atoms with Crippen LogP contribution in [0.4, 0.5) is 4.79 Å². The van der Waals surface area contributed by atoms with Crippen molar-refractivity contribution in [2.75, 3.05) is 7.11 Å². The van der Waals surface area contributed by atoms with Crippen LogP contribution in [0.3, 0.4) is 0 Å². The summed E-state index contributed by atoms with van der Waals surface area (Å²) in [5, 5.41) is 18.5. The molecule has 2 N–H and O–H groups in total. The number of nitrogens with zero attached hydrogens (tertiary/aromatic N) is 1. The van der Waals surface area contributed by atoms with E-state index < -0.39 is 6.16 Å². The Labute approximate surface area is 81.2 Å². The van der Waals surface area contributed by atoms with Gasteiger partial charge in [0.15, 0.2) is 0 Å². The molecule has 1 aromatic rings. The van der Waals surface area contributed by atoms with Gasteiger partial charge in [-0.15, -0.1) is 0 Å². The van der Waals surface area contributed by atoms with E-state index in [1.54, 1.807) is 0 Å². The maximum Gasteiger partial charge on any atom is 0.505 e. The number of methoxy groups -OCH3 is 1. The Hall–Kier alpha value is -2.04. The number of hydrogen-bond acceptors (Lipinski definition) is 4. The van der Waals surface area contributed by atoms with Gasteiger partial charge in [-0.3, -0.25) is 0 Å². The van der Waals surface area contributed by atoms with Crippen LogP contribution < -0.4 is 0 Å². The number of carbonyl (C=O) groups is 1. The minimum absolute atomic E-state index is 0.903. The maximum absolute atomic E-state index is 9.15. The van der Waals surface area contributed by atoms with Crippen LogP contribution >= 0.6 is 0 Å². The first-order chi connectivity index (χ1) is 6.70. The third-order valence-corrected chi connectivity index (χ3v) is 1.18. The molecular weight excluding hydrogens is 186 g/mol. The van der Waals surface area contributed by atoms with Gasteiger partial charge in [0, 0.05) is 0 Å². The fourth-order valence-electron chi connectivity index (χ4n) is 0.606. The number of ether oxygens (including phenoxy) is 1. The van der Waals surface area contributed by atoms with Crippen molar-refractivity contribution in [3.05, 3.63) is 35.9 Å². The van der Waals surface area contributed by atoms with Crippen LogP contribution in [0, 0.1) is 0 Å².